The summed E-state index contributed by atoms with van der Waals surface area (Å²) in [6.45, 7) is 5.84. The molecule has 2 aliphatic rings. The molecule has 1 atom stereocenters. The van der Waals surface area contributed by atoms with Crippen molar-refractivity contribution in [1.82, 2.24) is 19.5 Å². The highest BCUT2D eigenvalue weighted by Gasteiger charge is 2.41. The van der Waals surface area contributed by atoms with Crippen molar-refractivity contribution >= 4 is 23.0 Å². The molecule has 2 aromatic heterocycles. The number of nitrogens with zero attached hydrogens (tertiary/aromatic N) is 6. The summed E-state index contributed by atoms with van der Waals surface area (Å²) in [5, 5.41) is 17.7. The molecule has 0 N–H and O–H groups in total. The van der Waals surface area contributed by atoms with Crippen LogP contribution in [0.5, 0.6) is 11.8 Å². The van der Waals surface area contributed by atoms with Crippen LogP contribution in [0, 0.1) is 10.1 Å². The number of hydrogen-bond donors (Lipinski definition) is 0. The van der Waals surface area contributed by atoms with Gasteiger partial charge in [0.05, 0.1) is 12.8 Å². The Hall–Kier alpha value is -3.81. The summed E-state index contributed by atoms with van der Waals surface area (Å²) in [5.41, 5.74) is -0.104. The molecular weight excluding hydrogens is 473 g/mol. The van der Waals surface area contributed by atoms with Gasteiger partial charge in [-0.25, -0.2) is 0 Å². The van der Waals surface area contributed by atoms with Crippen LogP contribution in [0.3, 0.4) is 0 Å². The van der Waals surface area contributed by atoms with E-state index in [1.165, 1.54) is 30.6 Å². The van der Waals surface area contributed by atoms with Crippen LogP contribution in [0.1, 0.15) is 12.7 Å². The maximum absolute atomic E-state index is 12.4. The van der Waals surface area contributed by atoms with E-state index in [0.29, 0.717) is 42.9 Å². The number of halogens is 3. The van der Waals surface area contributed by atoms with Crippen molar-refractivity contribution in [3.63, 3.8) is 0 Å². The lowest BCUT2D eigenvalue weighted by atomic mass is 10.1. The lowest BCUT2D eigenvalue weighted by molar-refractivity contribution is -0.389. The number of imidazole rings is 1. The quantitative estimate of drug-likeness (QED) is 0.292. The van der Waals surface area contributed by atoms with E-state index in [-0.39, 0.29) is 17.6 Å². The topological polar surface area (TPSA) is 111 Å². The molecule has 1 aromatic carbocycles. The molecule has 11 nitrogen and oxygen atoms in total. The molecule has 186 valence electrons. The number of piperazine rings is 1. The van der Waals surface area contributed by atoms with E-state index in [0.717, 1.165) is 13.1 Å². The fraction of sp³-hybridized carbons (Fsp3) is 0.429. The number of rotatable bonds is 6. The molecule has 0 spiro atoms. The zero-order valence-corrected chi connectivity index (χ0v) is 18.6. The summed E-state index contributed by atoms with van der Waals surface area (Å²) in [6.07, 6.45) is -1.84. The third-order valence-corrected chi connectivity index (χ3v) is 5.75. The molecule has 1 saturated heterocycles. The van der Waals surface area contributed by atoms with Gasteiger partial charge in [-0.05, 0) is 36.1 Å². The summed E-state index contributed by atoms with van der Waals surface area (Å²) in [7, 11) is 0. The summed E-state index contributed by atoms with van der Waals surface area (Å²) >= 11 is 0. The molecule has 0 aliphatic carbocycles. The Balaban J connectivity index is 1.14. The SMILES string of the molecule is CC1(CN2CCN(/N=C/c3cc4cc(OC(F)(F)F)ccc4o3)CC2)Cn2cc([N+](=O)[O-])nc2O1. The molecule has 0 bridgehead atoms. The van der Waals surface area contributed by atoms with E-state index >= 15 is 0 Å². The van der Waals surface area contributed by atoms with Crippen molar-refractivity contribution in [2.45, 2.75) is 25.4 Å². The lowest BCUT2D eigenvalue weighted by Gasteiger charge is -2.36. The maximum Gasteiger partial charge on any atom is 0.573 e. The third-order valence-electron chi connectivity index (χ3n) is 5.75. The highest BCUT2D eigenvalue weighted by molar-refractivity contribution is 5.87. The summed E-state index contributed by atoms with van der Waals surface area (Å²) in [6, 6.07) is 5.73. The van der Waals surface area contributed by atoms with E-state index in [2.05, 4.69) is 19.7 Å². The van der Waals surface area contributed by atoms with Crippen molar-refractivity contribution < 1.29 is 32.0 Å². The molecule has 0 saturated carbocycles. The second kappa shape index (κ2) is 8.45. The summed E-state index contributed by atoms with van der Waals surface area (Å²) in [4.78, 5) is 16.5. The number of fused-ring (bicyclic) bond motifs is 2. The van der Waals surface area contributed by atoms with E-state index < -0.39 is 16.9 Å². The first-order valence-electron chi connectivity index (χ1n) is 10.8. The molecular formula is C21H21F3N6O5. The van der Waals surface area contributed by atoms with E-state index in [9.17, 15) is 23.3 Å². The van der Waals surface area contributed by atoms with Gasteiger partial charge in [0.1, 0.15) is 28.9 Å². The second-order valence-electron chi connectivity index (χ2n) is 8.69. The maximum atomic E-state index is 12.4. The molecule has 14 heteroatoms. The number of hydrazone groups is 1. The lowest BCUT2D eigenvalue weighted by Crippen LogP contribution is -2.51. The van der Waals surface area contributed by atoms with Crippen LogP contribution in [0.2, 0.25) is 0 Å². The normalized spacial score (nSPS) is 21.0. The van der Waals surface area contributed by atoms with Gasteiger partial charge < -0.3 is 24.0 Å². The van der Waals surface area contributed by atoms with Crippen molar-refractivity contribution in [1.29, 1.82) is 0 Å². The monoisotopic (exact) mass is 494 g/mol. The first kappa shape index (κ1) is 23.0. The van der Waals surface area contributed by atoms with E-state index in [1.54, 1.807) is 10.6 Å². The van der Waals surface area contributed by atoms with E-state index in [4.69, 9.17) is 9.15 Å². The number of ether oxygens (including phenoxy) is 2. The average Bonchev–Trinajstić information content (AvgIpc) is 3.42. The van der Waals surface area contributed by atoms with Gasteiger partial charge in [0.15, 0.2) is 0 Å². The van der Waals surface area contributed by atoms with Crippen LogP contribution in [-0.2, 0) is 6.54 Å². The minimum atomic E-state index is -4.76. The van der Waals surface area contributed by atoms with E-state index in [1.807, 2.05) is 11.9 Å². The van der Waals surface area contributed by atoms with Crippen molar-refractivity contribution in [2.75, 3.05) is 32.7 Å². The molecule has 35 heavy (non-hydrogen) atoms. The van der Waals surface area contributed by atoms with Gasteiger partial charge in [-0.3, -0.25) is 14.5 Å². The van der Waals surface area contributed by atoms with Gasteiger partial charge in [0, 0.05) is 43.1 Å². The fourth-order valence-electron chi connectivity index (χ4n) is 4.29. The van der Waals surface area contributed by atoms with Crippen LogP contribution in [0.4, 0.5) is 19.0 Å². The first-order valence-corrected chi connectivity index (χ1v) is 10.8. The number of benzene rings is 1. The molecule has 3 aromatic rings. The number of alkyl halides is 3. The molecule has 2 aliphatic heterocycles. The molecule has 1 unspecified atom stereocenters. The first-order chi connectivity index (χ1) is 16.6. The predicted octanol–water partition coefficient (Wildman–Crippen LogP) is 3.24. The largest absolute Gasteiger partial charge is 0.573 e. The van der Waals surface area contributed by atoms with Gasteiger partial charge >= 0.3 is 18.2 Å². The van der Waals surface area contributed by atoms with Crippen LogP contribution in [0.15, 0.2) is 40.0 Å². The predicted molar refractivity (Wildman–Crippen MR) is 116 cm³/mol. The smallest absolute Gasteiger partial charge is 0.455 e. The highest BCUT2D eigenvalue weighted by atomic mass is 19.4. The average molecular weight is 494 g/mol. The zero-order chi connectivity index (χ0) is 24.8. The van der Waals surface area contributed by atoms with Gasteiger partial charge in [0.25, 0.3) is 0 Å². The number of furan rings is 1. The number of nitro groups is 1. The van der Waals surface area contributed by atoms with Crippen LogP contribution < -0.4 is 9.47 Å². The van der Waals surface area contributed by atoms with Gasteiger partial charge in [0.2, 0.25) is 0 Å². The summed E-state index contributed by atoms with van der Waals surface area (Å²) < 4.78 is 54.4. The minimum Gasteiger partial charge on any atom is -0.455 e. The number of aromatic nitrogens is 2. The molecule has 4 heterocycles. The molecule has 0 radical (unpaired) electrons. The number of hydrogen-bond acceptors (Lipinski definition) is 9. The van der Waals surface area contributed by atoms with Crippen LogP contribution >= 0.6 is 0 Å². The molecule has 5 rings (SSSR count). The Labute approximate surface area is 196 Å². The Morgan fingerprint density at radius 1 is 1.29 bits per heavy atom. The summed E-state index contributed by atoms with van der Waals surface area (Å²) in [5.74, 6) is -0.123. The minimum absolute atomic E-state index is 0.229. The van der Waals surface area contributed by atoms with Gasteiger partial charge in [-0.15, -0.1) is 13.2 Å². The Morgan fingerprint density at radius 3 is 2.74 bits per heavy atom. The highest BCUT2D eigenvalue weighted by Crippen LogP contribution is 2.32. The second-order valence-corrected chi connectivity index (χ2v) is 8.69. The molecule has 1 fully saturated rings. The van der Waals surface area contributed by atoms with Gasteiger partial charge in [-0.1, -0.05) is 0 Å². The Morgan fingerprint density at radius 2 is 2.06 bits per heavy atom. The zero-order valence-electron chi connectivity index (χ0n) is 18.6. The van der Waals surface area contributed by atoms with Crippen molar-refractivity contribution in [2.24, 2.45) is 5.10 Å². The van der Waals surface area contributed by atoms with Gasteiger partial charge in [-0.2, -0.15) is 5.10 Å². The van der Waals surface area contributed by atoms with Crippen LogP contribution in [-0.4, -0.2) is 75.3 Å². The standard InChI is InChI=1S/C21H21F3N6O5/c1-20(13-28-11-18(30(31)32)26-19(28)35-20)12-27-4-6-29(7-5-27)25-10-16-9-14-8-15(34-21(22,23)24)2-3-17(14)33-16/h2-3,8-11H,4-7,12-13H2,1H3/b25-10+. The van der Waals surface area contributed by atoms with Crippen molar-refractivity contribution in [3.8, 4) is 11.8 Å². The van der Waals surface area contributed by atoms with Crippen LogP contribution in [0.25, 0.3) is 11.0 Å². The Bertz CT molecular complexity index is 1250. The Kier molecular flexibility index (Phi) is 5.54. The fourth-order valence-corrected chi connectivity index (χ4v) is 4.29. The van der Waals surface area contributed by atoms with Crippen molar-refractivity contribution in [3.05, 3.63) is 46.3 Å². The third kappa shape index (κ3) is 5.16. The molecule has 0 amide bonds.